The van der Waals surface area contributed by atoms with Crippen LogP contribution in [0.2, 0.25) is 0 Å². The van der Waals surface area contributed by atoms with Crippen molar-refractivity contribution in [3.8, 4) is 0 Å². The van der Waals surface area contributed by atoms with Gasteiger partial charge >= 0.3 is 0 Å². The Hall–Kier alpha value is -1.31. The Labute approximate surface area is 79.5 Å². The number of aromatic nitrogens is 1. The number of allylic oxidation sites excluding steroid dienone is 1. The fourth-order valence-electron chi connectivity index (χ4n) is 0.992. The standard InChI is InChI=1S/C11H16N2/c1-9(2)4-3-5-10-6-7-11(12)13-8-10/h3,5-9H,4H2,1-2H3,(H2,12,13)/b5-3+. The predicted molar refractivity (Wildman–Crippen MR) is 57.1 cm³/mol. The molecule has 0 aliphatic heterocycles. The zero-order valence-electron chi connectivity index (χ0n) is 8.20. The molecule has 1 heterocycles. The number of pyridine rings is 1. The summed E-state index contributed by atoms with van der Waals surface area (Å²) in [6, 6.07) is 3.79. The van der Waals surface area contributed by atoms with E-state index < -0.39 is 0 Å². The first-order valence-electron chi connectivity index (χ1n) is 4.56. The van der Waals surface area contributed by atoms with Gasteiger partial charge in [-0.25, -0.2) is 4.98 Å². The third kappa shape index (κ3) is 3.74. The third-order valence-electron chi connectivity index (χ3n) is 1.73. The molecular weight excluding hydrogens is 160 g/mol. The lowest BCUT2D eigenvalue weighted by atomic mass is 10.1. The van der Waals surface area contributed by atoms with Gasteiger partial charge in [-0.05, 0) is 30.0 Å². The molecule has 0 aliphatic rings. The highest BCUT2D eigenvalue weighted by atomic mass is 14.8. The maximum absolute atomic E-state index is 5.47. The maximum Gasteiger partial charge on any atom is 0.123 e. The summed E-state index contributed by atoms with van der Waals surface area (Å²) in [5, 5.41) is 0. The summed E-state index contributed by atoms with van der Waals surface area (Å²) in [4.78, 5) is 4.00. The molecule has 0 atom stereocenters. The average Bonchev–Trinajstić information content (AvgIpc) is 2.08. The number of hydrogen-bond acceptors (Lipinski definition) is 2. The molecule has 0 radical (unpaired) electrons. The highest BCUT2D eigenvalue weighted by Crippen LogP contribution is 2.06. The van der Waals surface area contributed by atoms with Crippen molar-refractivity contribution in [2.45, 2.75) is 20.3 Å². The number of rotatable bonds is 3. The van der Waals surface area contributed by atoms with Crippen LogP contribution >= 0.6 is 0 Å². The summed E-state index contributed by atoms with van der Waals surface area (Å²) in [7, 11) is 0. The van der Waals surface area contributed by atoms with E-state index in [1.54, 1.807) is 6.20 Å². The van der Waals surface area contributed by atoms with Gasteiger partial charge in [-0.2, -0.15) is 0 Å². The lowest BCUT2D eigenvalue weighted by Crippen LogP contribution is -1.88. The summed E-state index contributed by atoms with van der Waals surface area (Å²) in [5.74, 6) is 1.28. The van der Waals surface area contributed by atoms with Crippen LogP contribution in [0, 0.1) is 5.92 Å². The molecular formula is C11H16N2. The van der Waals surface area contributed by atoms with E-state index in [1.165, 1.54) is 0 Å². The molecule has 0 unspecified atom stereocenters. The molecule has 0 amide bonds. The number of nitrogen functional groups attached to an aromatic ring is 1. The monoisotopic (exact) mass is 176 g/mol. The summed E-state index contributed by atoms with van der Waals surface area (Å²) in [6.07, 6.45) is 7.13. The second-order valence-electron chi connectivity index (χ2n) is 3.55. The molecule has 0 spiro atoms. The molecule has 2 heteroatoms. The first kappa shape index (κ1) is 9.78. The van der Waals surface area contributed by atoms with Crippen LogP contribution in [-0.2, 0) is 0 Å². The van der Waals surface area contributed by atoms with Gasteiger partial charge in [-0.15, -0.1) is 0 Å². The molecule has 70 valence electrons. The van der Waals surface area contributed by atoms with Crippen LogP contribution in [0.4, 0.5) is 5.82 Å². The van der Waals surface area contributed by atoms with E-state index in [0.717, 1.165) is 12.0 Å². The van der Waals surface area contributed by atoms with Gasteiger partial charge in [0.1, 0.15) is 5.82 Å². The van der Waals surface area contributed by atoms with Gasteiger partial charge in [0, 0.05) is 6.20 Å². The van der Waals surface area contributed by atoms with Crippen LogP contribution in [0.1, 0.15) is 25.8 Å². The SMILES string of the molecule is CC(C)C/C=C/c1ccc(N)nc1. The zero-order valence-corrected chi connectivity index (χ0v) is 8.20. The zero-order chi connectivity index (χ0) is 9.68. The van der Waals surface area contributed by atoms with Crippen molar-refractivity contribution in [1.82, 2.24) is 4.98 Å². The topological polar surface area (TPSA) is 38.9 Å². The molecule has 0 aliphatic carbocycles. The maximum atomic E-state index is 5.47. The number of anilines is 1. The van der Waals surface area contributed by atoms with Gasteiger partial charge in [-0.1, -0.05) is 26.0 Å². The molecule has 0 aromatic carbocycles. The van der Waals surface area contributed by atoms with Crippen molar-refractivity contribution in [1.29, 1.82) is 0 Å². The van der Waals surface area contributed by atoms with Gasteiger partial charge in [0.15, 0.2) is 0 Å². The highest BCUT2D eigenvalue weighted by molar-refractivity contribution is 5.49. The summed E-state index contributed by atoms with van der Waals surface area (Å²) in [5.41, 5.74) is 6.57. The van der Waals surface area contributed by atoms with E-state index in [0.29, 0.717) is 11.7 Å². The van der Waals surface area contributed by atoms with Crippen LogP contribution in [0.15, 0.2) is 24.4 Å². The number of hydrogen-bond donors (Lipinski definition) is 1. The van der Waals surface area contributed by atoms with Crippen LogP contribution in [0.3, 0.4) is 0 Å². The molecule has 0 fully saturated rings. The Kier molecular flexibility index (Phi) is 3.50. The second kappa shape index (κ2) is 4.65. The quantitative estimate of drug-likeness (QED) is 0.769. The fourth-order valence-corrected chi connectivity index (χ4v) is 0.992. The van der Waals surface area contributed by atoms with E-state index in [1.807, 2.05) is 12.1 Å². The molecule has 13 heavy (non-hydrogen) atoms. The molecule has 1 aromatic heterocycles. The molecule has 2 nitrogen and oxygen atoms in total. The van der Waals surface area contributed by atoms with E-state index in [-0.39, 0.29) is 0 Å². The van der Waals surface area contributed by atoms with Crippen LogP contribution in [0.25, 0.3) is 6.08 Å². The van der Waals surface area contributed by atoms with E-state index in [2.05, 4.69) is 31.0 Å². The van der Waals surface area contributed by atoms with Gasteiger partial charge in [0.2, 0.25) is 0 Å². The van der Waals surface area contributed by atoms with Gasteiger partial charge < -0.3 is 5.73 Å². The van der Waals surface area contributed by atoms with Crippen molar-refractivity contribution in [3.63, 3.8) is 0 Å². The smallest absolute Gasteiger partial charge is 0.123 e. The molecule has 1 rings (SSSR count). The Morgan fingerprint density at radius 2 is 2.23 bits per heavy atom. The fraction of sp³-hybridized carbons (Fsp3) is 0.364. The van der Waals surface area contributed by atoms with E-state index in [4.69, 9.17) is 5.73 Å². The van der Waals surface area contributed by atoms with Gasteiger partial charge in [0.25, 0.3) is 0 Å². The number of nitrogens with two attached hydrogens (primary N) is 1. The molecule has 0 saturated heterocycles. The lowest BCUT2D eigenvalue weighted by molar-refractivity contribution is 0.665. The highest BCUT2D eigenvalue weighted by Gasteiger charge is 1.89. The summed E-state index contributed by atoms with van der Waals surface area (Å²) in [6.45, 7) is 4.40. The van der Waals surface area contributed by atoms with Gasteiger partial charge in [-0.3, -0.25) is 0 Å². The second-order valence-corrected chi connectivity index (χ2v) is 3.55. The largest absolute Gasteiger partial charge is 0.384 e. The van der Waals surface area contributed by atoms with Gasteiger partial charge in [0.05, 0.1) is 0 Å². The molecule has 1 aromatic rings. The minimum atomic E-state index is 0.570. The Morgan fingerprint density at radius 3 is 2.77 bits per heavy atom. The van der Waals surface area contributed by atoms with Crippen molar-refractivity contribution in [3.05, 3.63) is 30.0 Å². The summed E-state index contributed by atoms with van der Waals surface area (Å²) < 4.78 is 0. The van der Waals surface area contributed by atoms with Crippen molar-refractivity contribution < 1.29 is 0 Å². The predicted octanol–water partition coefficient (Wildman–Crippen LogP) is 2.72. The first-order valence-corrected chi connectivity index (χ1v) is 4.56. The summed E-state index contributed by atoms with van der Waals surface area (Å²) >= 11 is 0. The molecule has 0 bridgehead atoms. The Balaban J connectivity index is 2.54. The lowest BCUT2D eigenvalue weighted by Gasteiger charge is -1.97. The first-order chi connectivity index (χ1) is 6.18. The Bertz CT molecular complexity index is 273. The minimum Gasteiger partial charge on any atom is -0.384 e. The number of nitrogens with zero attached hydrogens (tertiary/aromatic N) is 1. The molecule has 0 saturated carbocycles. The van der Waals surface area contributed by atoms with E-state index >= 15 is 0 Å². The average molecular weight is 176 g/mol. The van der Waals surface area contributed by atoms with Crippen LogP contribution in [-0.4, -0.2) is 4.98 Å². The van der Waals surface area contributed by atoms with Crippen molar-refractivity contribution >= 4 is 11.9 Å². The van der Waals surface area contributed by atoms with Crippen LogP contribution in [0.5, 0.6) is 0 Å². The third-order valence-corrected chi connectivity index (χ3v) is 1.73. The van der Waals surface area contributed by atoms with Crippen molar-refractivity contribution in [2.75, 3.05) is 5.73 Å². The van der Waals surface area contributed by atoms with E-state index in [9.17, 15) is 0 Å². The van der Waals surface area contributed by atoms with Crippen molar-refractivity contribution in [2.24, 2.45) is 5.92 Å². The molecule has 2 N–H and O–H groups in total. The Morgan fingerprint density at radius 1 is 1.46 bits per heavy atom. The normalized spacial score (nSPS) is 11.3. The van der Waals surface area contributed by atoms with Crippen LogP contribution < -0.4 is 5.73 Å². The minimum absolute atomic E-state index is 0.570.